The molecule has 0 amide bonds. The fourth-order valence-corrected chi connectivity index (χ4v) is 2.02. The molecule has 0 saturated carbocycles. The summed E-state index contributed by atoms with van der Waals surface area (Å²) in [7, 11) is 0. The highest BCUT2D eigenvalue weighted by Crippen LogP contribution is 2.27. The summed E-state index contributed by atoms with van der Waals surface area (Å²) in [6, 6.07) is 8.43. The monoisotopic (exact) mass is 287 g/mol. The number of benzene rings is 2. The molecule has 3 aromatic rings. The standard InChI is InChI=1S/C14H11F2N5/c1-8-2-4-11(16)13(6-8)21-14(18-19-20-21)10-7-9(15)3-5-12(10)17/h2-7H,17H2,1H3. The summed E-state index contributed by atoms with van der Waals surface area (Å²) in [5, 5.41) is 11.1. The Morgan fingerprint density at radius 3 is 2.71 bits per heavy atom. The van der Waals surface area contributed by atoms with E-state index in [4.69, 9.17) is 5.73 Å². The third-order valence-electron chi connectivity index (χ3n) is 3.06. The van der Waals surface area contributed by atoms with E-state index < -0.39 is 11.6 Å². The highest BCUT2D eigenvalue weighted by Gasteiger charge is 2.16. The van der Waals surface area contributed by atoms with Crippen LogP contribution in [0.5, 0.6) is 0 Å². The maximum Gasteiger partial charge on any atom is 0.189 e. The van der Waals surface area contributed by atoms with Crippen molar-refractivity contribution in [3.63, 3.8) is 0 Å². The second-order valence-corrected chi connectivity index (χ2v) is 4.60. The number of halogens is 2. The second-order valence-electron chi connectivity index (χ2n) is 4.60. The van der Waals surface area contributed by atoms with E-state index in [2.05, 4.69) is 15.5 Å². The largest absolute Gasteiger partial charge is 0.398 e. The Bertz CT molecular complexity index is 747. The van der Waals surface area contributed by atoms with Crippen molar-refractivity contribution in [2.45, 2.75) is 6.92 Å². The Balaban J connectivity index is 2.22. The minimum Gasteiger partial charge on any atom is -0.398 e. The van der Waals surface area contributed by atoms with Gasteiger partial charge in [0.05, 0.1) is 0 Å². The van der Waals surface area contributed by atoms with Crippen LogP contribution in [-0.2, 0) is 0 Å². The molecule has 0 fully saturated rings. The zero-order chi connectivity index (χ0) is 15.0. The molecule has 21 heavy (non-hydrogen) atoms. The number of rotatable bonds is 2. The zero-order valence-electron chi connectivity index (χ0n) is 11.1. The zero-order valence-corrected chi connectivity index (χ0v) is 11.1. The highest BCUT2D eigenvalue weighted by atomic mass is 19.1. The maximum atomic E-state index is 14.0. The number of anilines is 1. The van der Waals surface area contributed by atoms with Crippen molar-refractivity contribution in [2.24, 2.45) is 0 Å². The summed E-state index contributed by atoms with van der Waals surface area (Å²) in [5.74, 6) is -0.779. The predicted molar refractivity (Wildman–Crippen MR) is 73.7 cm³/mol. The van der Waals surface area contributed by atoms with Gasteiger partial charge in [0, 0.05) is 11.3 Å². The molecule has 0 radical (unpaired) electrons. The van der Waals surface area contributed by atoms with E-state index in [9.17, 15) is 8.78 Å². The number of aryl methyl sites for hydroxylation is 1. The number of aromatic nitrogens is 4. The van der Waals surface area contributed by atoms with Gasteiger partial charge < -0.3 is 5.73 Å². The quantitative estimate of drug-likeness (QED) is 0.735. The first-order valence-electron chi connectivity index (χ1n) is 6.16. The van der Waals surface area contributed by atoms with E-state index in [1.165, 1.54) is 28.9 Å². The van der Waals surface area contributed by atoms with Gasteiger partial charge in [0.15, 0.2) is 5.82 Å². The summed E-state index contributed by atoms with van der Waals surface area (Å²) in [6.45, 7) is 1.82. The van der Waals surface area contributed by atoms with E-state index >= 15 is 0 Å². The maximum absolute atomic E-state index is 14.0. The summed E-state index contributed by atoms with van der Waals surface area (Å²) in [5.41, 5.74) is 7.47. The molecule has 2 N–H and O–H groups in total. The third-order valence-corrected chi connectivity index (χ3v) is 3.06. The van der Waals surface area contributed by atoms with Crippen molar-refractivity contribution >= 4 is 5.69 Å². The molecule has 1 aromatic heterocycles. The molecule has 0 aliphatic rings. The second kappa shape index (κ2) is 4.93. The third kappa shape index (κ3) is 2.33. The van der Waals surface area contributed by atoms with Crippen LogP contribution in [-0.4, -0.2) is 20.2 Å². The van der Waals surface area contributed by atoms with Gasteiger partial charge in [-0.15, -0.1) is 5.10 Å². The van der Waals surface area contributed by atoms with Crippen molar-refractivity contribution in [3.8, 4) is 17.1 Å². The first-order valence-corrected chi connectivity index (χ1v) is 6.16. The molecule has 0 aliphatic heterocycles. The van der Waals surface area contributed by atoms with E-state index in [1.807, 2.05) is 6.92 Å². The highest BCUT2D eigenvalue weighted by molar-refractivity contribution is 5.72. The van der Waals surface area contributed by atoms with Gasteiger partial charge in [0.1, 0.15) is 17.3 Å². The normalized spacial score (nSPS) is 10.8. The Labute approximate surface area is 119 Å². The average molecular weight is 287 g/mol. The van der Waals surface area contributed by atoms with Crippen molar-refractivity contribution in [2.75, 3.05) is 5.73 Å². The number of tetrazole rings is 1. The van der Waals surface area contributed by atoms with Gasteiger partial charge >= 0.3 is 0 Å². The van der Waals surface area contributed by atoms with E-state index in [0.717, 1.165) is 5.56 Å². The molecule has 3 rings (SSSR count). The molecule has 7 heteroatoms. The summed E-state index contributed by atoms with van der Waals surface area (Å²) < 4.78 is 28.6. The molecule has 0 aliphatic carbocycles. The number of hydrogen-bond acceptors (Lipinski definition) is 4. The van der Waals surface area contributed by atoms with Crippen LogP contribution in [0.25, 0.3) is 17.1 Å². The summed E-state index contributed by atoms with van der Waals surface area (Å²) >= 11 is 0. The lowest BCUT2D eigenvalue weighted by atomic mass is 10.1. The van der Waals surface area contributed by atoms with Crippen LogP contribution in [0.4, 0.5) is 14.5 Å². The van der Waals surface area contributed by atoms with Crippen molar-refractivity contribution < 1.29 is 8.78 Å². The van der Waals surface area contributed by atoms with E-state index in [-0.39, 0.29) is 11.5 Å². The Kier molecular flexibility index (Phi) is 3.09. The predicted octanol–water partition coefficient (Wildman–Crippen LogP) is 2.50. The van der Waals surface area contributed by atoms with Crippen LogP contribution in [0.15, 0.2) is 36.4 Å². The lowest BCUT2D eigenvalue weighted by Gasteiger charge is -2.08. The molecule has 0 saturated heterocycles. The lowest BCUT2D eigenvalue weighted by Crippen LogP contribution is -2.04. The van der Waals surface area contributed by atoms with Crippen LogP contribution in [0.2, 0.25) is 0 Å². The average Bonchev–Trinajstić information content (AvgIpc) is 2.93. The minimum absolute atomic E-state index is 0.177. The van der Waals surface area contributed by atoms with Crippen molar-refractivity contribution in [1.82, 2.24) is 20.2 Å². The van der Waals surface area contributed by atoms with Crippen LogP contribution in [0.1, 0.15) is 5.56 Å². The topological polar surface area (TPSA) is 69.6 Å². The first kappa shape index (κ1) is 13.2. The van der Waals surface area contributed by atoms with E-state index in [1.54, 1.807) is 12.1 Å². The van der Waals surface area contributed by atoms with Gasteiger partial charge in [-0.25, -0.2) is 8.78 Å². The van der Waals surface area contributed by atoms with Crippen LogP contribution in [0.3, 0.4) is 0 Å². The van der Waals surface area contributed by atoms with Gasteiger partial charge in [-0.2, -0.15) is 4.68 Å². The van der Waals surface area contributed by atoms with Gasteiger partial charge in [0.25, 0.3) is 0 Å². The molecule has 106 valence electrons. The Hall–Kier alpha value is -2.83. The van der Waals surface area contributed by atoms with Gasteiger partial charge in [0.2, 0.25) is 0 Å². The van der Waals surface area contributed by atoms with Crippen LogP contribution < -0.4 is 5.73 Å². The van der Waals surface area contributed by atoms with Gasteiger partial charge in [-0.05, 0) is 53.2 Å². The molecule has 5 nitrogen and oxygen atoms in total. The van der Waals surface area contributed by atoms with Crippen molar-refractivity contribution in [3.05, 3.63) is 53.6 Å². The number of hydrogen-bond donors (Lipinski definition) is 1. The number of nitrogen functional groups attached to an aromatic ring is 1. The fourth-order valence-electron chi connectivity index (χ4n) is 2.02. The summed E-state index contributed by atoms with van der Waals surface area (Å²) in [6.07, 6.45) is 0. The Morgan fingerprint density at radius 1 is 1.10 bits per heavy atom. The minimum atomic E-state index is -0.482. The SMILES string of the molecule is Cc1ccc(F)c(-n2nnnc2-c2cc(F)ccc2N)c1. The first-order chi connectivity index (χ1) is 10.1. The molecule has 2 aromatic carbocycles. The Morgan fingerprint density at radius 2 is 1.90 bits per heavy atom. The van der Waals surface area contributed by atoms with Crippen molar-refractivity contribution in [1.29, 1.82) is 0 Å². The molecule has 0 spiro atoms. The lowest BCUT2D eigenvalue weighted by molar-refractivity contribution is 0.607. The molecular weight excluding hydrogens is 276 g/mol. The van der Waals surface area contributed by atoms with Crippen LogP contribution in [0, 0.1) is 18.6 Å². The van der Waals surface area contributed by atoms with Gasteiger partial charge in [-0.3, -0.25) is 0 Å². The smallest absolute Gasteiger partial charge is 0.189 e. The number of nitrogens with zero attached hydrogens (tertiary/aromatic N) is 4. The van der Waals surface area contributed by atoms with Crippen LogP contribution >= 0.6 is 0 Å². The molecule has 0 atom stereocenters. The number of nitrogens with two attached hydrogens (primary N) is 1. The van der Waals surface area contributed by atoms with E-state index in [0.29, 0.717) is 11.3 Å². The molecule has 1 heterocycles. The molecular formula is C14H11F2N5. The summed E-state index contributed by atoms with van der Waals surface area (Å²) in [4.78, 5) is 0. The fraction of sp³-hybridized carbons (Fsp3) is 0.0714. The molecule has 0 bridgehead atoms. The van der Waals surface area contributed by atoms with Gasteiger partial charge in [-0.1, -0.05) is 6.07 Å². The molecule has 0 unspecified atom stereocenters.